The summed E-state index contributed by atoms with van der Waals surface area (Å²) in [5.41, 5.74) is 4.69. The van der Waals surface area contributed by atoms with Gasteiger partial charge in [0.1, 0.15) is 12.4 Å². The summed E-state index contributed by atoms with van der Waals surface area (Å²) in [6.45, 7) is 6.65. The number of thioether (sulfide) groups is 1. The molecule has 1 atom stereocenters. The first-order valence-corrected chi connectivity index (χ1v) is 14.3. The van der Waals surface area contributed by atoms with Gasteiger partial charge in [0.2, 0.25) is 11.8 Å². The van der Waals surface area contributed by atoms with Crippen LogP contribution in [0.3, 0.4) is 0 Å². The Morgan fingerprint density at radius 2 is 1.84 bits per heavy atom. The molecule has 0 unspecified atom stereocenters. The molecule has 6 nitrogen and oxygen atoms in total. The van der Waals surface area contributed by atoms with Gasteiger partial charge in [-0.05, 0) is 35.9 Å². The minimum absolute atomic E-state index is 0.0535. The van der Waals surface area contributed by atoms with Gasteiger partial charge in [0, 0.05) is 22.5 Å². The van der Waals surface area contributed by atoms with E-state index in [1.54, 1.807) is 28.0 Å². The van der Waals surface area contributed by atoms with Crippen molar-refractivity contribution >= 4 is 40.7 Å². The predicted molar refractivity (Wildman–Crippen MR) is 153 cm³/mol. The molecule has 0 spiro atoms. The van der Waals surface area contributed by atoms with Gasteiger partial charge < -0.3 is 5.32 Å². The Hall–Kier alpha value is -3.36. The lowest BCUT2D eigenvalue weighted by molar-refractivity contribution is -0.123. The van der Waals surface area contributed by atoms with Crippen LogP contribution in [0, 0.1) is 12.8 Å². The number of carbonyl (C=O) groups is 2. The first-order chi connectivity index (χ1) is 17.9. The van der Waals surface area contributed by atoms with Gasteiger partial charge in [-0.2, -0.15) is 5.10 Å². The standard InChI is InChI=1S/C29H30N4O2S2/c1-19(2)16-30-24(34)17-32-25(35)18-37-28(23-14-9-15-36-23)26-27(21-11-5-4-6-12-21)31-33(29(26)32)22-13-8-7-10-20(22)3/h4-15,19,28H,16-18H2,1-3H3,(H,30,34)/t28-/m0/s1. The highest BCUT2D eigenvalue weighted by atomic mass is 32.2. The van der Waals surface area contributed by atoms with Gasteiger partial charge in [-0.1, -0.05) is 68.4 Å². The fraction of sp³-hybridized carbons (Fsp3) is 0.276. The maximum Gasteiger partial charge on any atom is 0.240 e. The van der Waals surface area contributed by atoms with Crippen molar-refractivity contribution in [1.29, 1.82) is 0 Å². The number of amides is 2. The van der Waals surface area contributed by atoms with Crippen LogP contribution >= 0.6 is 23.1 Å². The molecule has 2 aromatic heterocycles. The number of anilines is 1. The summed E-state index contributed by atoms with van der Waals surface area (Å²) in [6, 6.07) is 22.3. The third kappa shape index (κ3) is 5.22. The van der Waals surface area contributed by atoms with Gasteiger partial charge in [0.05, 0.1) is 22.4 Å². The Balaban J connectivity index is 1.76. The van der Waals surface area contributed by atoms with Gasteiger partial charge in [0.15, 0.2) is 0 Å². The highest BCUT2D eigenvalue weighted by molar-refractivity contribution is 8.00. The van der Waals surface area contributed by atoms with Crippen LogP contribution in [0.15, 0.2) is 72.1 Å². The average Bonchev–Trinajstić information content (AvgIpc) is 3.53. The maximum absolute atomic E-state index is 13.7. The molecular weight excluding hydrogens is 500 g/mol. The van der Waals surface area contributed by atoms with Crippen LogP contribution < -0.4 is 10.2 Å². The van der Waals surface area contributed by atoms with Gasteiger partial charge in [-0.15, -0.1) is 23.1 Å². The van der Waals surface area contributed by atoms with Crippen molar-refractivity contribution in [3.05, 3.63) is 88.1 Å². The first-order valence-electron chi connectivity index (χ1n) is 12.4. The number of para-hydroxylation sites is 1. The second kappa shape index (κ2) is 10.9. The smallest absolute Gasteiger partial charge is 0.240 e. The molecule has 0 fully saturated rings. The molecule has 1 N–H and O–H groups in total. The molecule has 37 heavy (non-hydrogen) atoms. The fourth-order valence-electron chi connectivity index (χ4n) is 4.48. The lowest BCUT2D eigenvalue weighted by atomic mass is 10.0. The average molecular weight is 531 g/mol. The van der Waals surface area contributed by atoms with Crippen LogP contribution in [0.1, 0.15) is 35.1 Å². The van der Waals surface area contributed by atoms with E-state index >= 15 is 0 Å². The third-order valence-corrected chi connectivity index (χ3v) is 8.61. The maximum atomic E-state index is 13.7. The summed E-state index contributed by atoms with van der Waals surface area (Å²) < 4.78 is 1.87. The summed E-state index contributed by atoms with van der Waals surface area (Å²) in [6.07, 6.45) is 0. The fourth-order valence-corrected chi connectivity index (χ4v) is 6.66. The van der Waals surface area contributed by atoms with Crippen molar-refractivity contribution in [2.24, 2.45) is 5.92 Å². The van der Waals surface area contributed by atoms with Crippen LogP contribution in [-0.2, 0) is 9.59 Å². The zero-order valence-corrected chi connectivity index (χ0v) is 22.8. The summed E-state index contributed by atoms with van der Waals surface area (Å²) in [7, 11) is 0. The number of carbonyl (C=O) groups excluding carboxylic acids is 2. The van der Waals surface area contributed by atoms with Crippen LogP contribution in [0.2, 0.25) is 0 Å². The Kier molecular flexibility index (Phi) is 7.48. The number of rotatable bonds is 7. The molecule has 2 amide bonds. The number of fused-ring (bicyclic) bond motifs is 1. The Morgan fingerprint density at radius 1 is 1.08 bits per heavy atom. The summed E-state index contributed by atoms with van der Waals surface area (Å²) in [5, 5.41) is 10.1. The molecular formula is C29H30N4O2S2. The lowest BCUT2D eigenvalue weighted by Gasteiger charge is -2.23. The first kappa shape index (κ1) is 25.3. The highest BCUT2D eigenvalue weighted by Crippen LogP contribution is 2.49. The van der Waals surface area contributed by atoms with E-state index in [-0.39, 0.29) is 29.4 Å². The lowest BCUT2D eigenvalue weighted by Crippen LogP contribution is -2.43. The van der Waals surface area contributed by atoms with Gasteiger partial charge in [-0.3, -0.25) is 14.5 Å². The SMILES string of the molecule is Cc1ccccc1-n1nc(-c2ccccc2)c2c1N(CC(=O)NCC(C)C)C(=O)CS[C@H]2c1cccs1. The Morgan fingerprint density at radius 3 is 2.54 bits per heavy atom. The van der Waals surface area contributed by atoms with Crippen molar-refractivity contribution in [2.75, 3.05) is 23.7 Å². The zero-order chi connectivity index (χ0) is 25.9. The van der Waals surface area contributed by atoms with Crippen molar-refractivity contribution in [3.8, 4) is 16.9 Å². The minimum atomic E-state index is -0.175. The topological polar surface area (TPSA) is 67.2 Å². The van der Waals surface area contributed by atoms with E-state index in [0.29, 0.717) is 18.3 Å². The van der Waals surface area contributed by atoms with Crippen molar-refractivity contribution in [2.45, 2.75) is 26.0 Å². The summed E-state index contributed by atoms with van der Waals surface area (Å²) >= 11 is 3.27. The van der Waals surface area contributed by atoms with Gasteiger partial charge in [-0.25, -0.2) is 4.68 Å². The molecule has 190 valence electrons. The van der Waals surface area contributed by atoms with Gasteiger partial charge >= 0.3 is 0 Å². The normalized spacial score (nSPS) is 15.5. The van der Waals surface area contributed by atoms with Crippen LogP contribution in [0.4, 0.5) is 5.82 Å². The number of hydrogen-bond acceptors (Lipinski definition) is 5. The van der Waals surface area contributed by atoms with E-state index < -0.39 is 0 Å². The molecule has 0 bridgehead atoms. The quantitative estimate of drug-likeness (QED) is 0.325. The second-order valence-electron chi connectivity index (χ2n) is 9.53. The number of thiophene rings is 1. The minimum Gasteiger partial charge on any atom is -0.354 e. The molecule has 0 aliphatic carbocycles. The Bertz CT molecular complexity index is 1400. The Labute approximate surface area is 225 Å². The number of aromatic nitrogens is 2. The second-order valence-corrected chi connectivity index (χ2v) is 11.6. The zero-order valence-electron chi connectivity index (χ0n) is 21.2. The molecule has 4 aromatic rings. The van der Waals surface area contributed by atoms with E-state index in [4.69, 9.17) is 5.10 Å². The molecule has 3 heterocycles. The highest BCUT2D eigenvalue weighted by Gasteiger charge is 2.38. The summed E-state index contributed by atoms with van der Waals surface area (Å²) in [4.78, 5) is 29.5. The number of nitrogens with one attached hydrogen (secondary N) is 1. The number of aryl methyl sites for hydroxylation is 1. The van der Waals surface area contributed by atoms with Crippen LogP contribution in [0.25, 0.3) is 16.9 Å². The molecule has 1 aliphatic heterocycles. The van der Waals surface area contributed by atoms with E-state index in [0.717, 1.165) is 32.9 Å². The largest absolute Gasteiger partial charge is 0.354 e. The van der Waals surface area contributed by atoms with E-state index in [2.05, 4.69) is 30.6 Å². The van der Waals surface area contributed by atoms with Crippen molar-refractivity contribution in [1.82, 2.24) is 15.1 Å². The van der Waals surface area contributed by atoms with Crippen molar-refractivity contribution < 1.29 is 9.59 Å². The van der Waals surface area contributed by atoms with Crippen LogP contribution in [-0.4, -0.2) is 40.4 Å². The summed E-state index contributed by atoms with van der Waals surface area (Å²) in [5.74, 6) is 0.990. The molecule has 8 heteroatoms. The predicted octanol–water partition coefficient (Wildman–Crippen LogP) is 5.85. The van der Waals surface area contributed by atoms with Gasteiger partial charge in [0.25, 0.3) is 0 Å². The number of hydrogen-bond donors (Lipinski definition) is 1. The third-order valence-electron chi connectivity index (χ3n) is 6.29. The van der Waals surface area contributed by atoms with E-state index in [1.807, 2.05) is 72.3 Å². The molecule has 5 rings (SSSR count). The monoisotopic (exact) mass is 530 g/mol. The molecule has 0 saturated carbocycles. The van der Waals surface area contributed by atoms with E-state index in [9.17, 15) is 9.59 Å². The number of nitrogens with zero attached hydrogens (tertiary/aromatic N) is 3. The number of benzene rings is 2. The van der Waals surface area contributed by atoms with E-state index in [1.165, 1.54) is 0 Å². The molecule has 1 aliphatic rings. The van der Waals surface area contributed by atoms with Crippen molar-refractivity contribution in [3.63, 3.8) is 0 Å². The molecule has 0 radical (unpaired) electrons. The van der Waals surface area contributed by atoms with Crippen LogP contribution in [0.5, 0.6) is 0 Å². The molecule has 0 saturated heterocycles. The molecule has 2 aromatic carbocycles.